The third-order valence-corrected chi connectivity index (χ3v) is 3.08. The molecule has 0 radical (unpaired) electrons. The Morgan fingerprint density at radius 3 is 1.71 bits per heavy atom. The zero-order valence-corrected chi connectivity index (χ0v) is 17.5. The molecule has 0 aromatic heterocycles. The van der Waals surface area contributed by atoms with Crippen molar-refractivity contribution in [1.29, 1.82) is 0 Å². The van der Waals surface area contributed by atoms with Gasteiger partial charge in [-0.3, -0.25) is 10.6 Å². The van der Waals surface area contributed by atoms with E-state index in [2.05, 4.69) is 15.6 Å². The Kier molecular flexibility index (Phi) is 8.43. The Morgan fingerprint density at radius 1 is 0.893 bits per heavy atom. The molecule has 0 fully saturated rings. The van der Waals surface area contributed by atoms with E-state index in [4.69, 9.17) is 14.6 Å². The molecule has 0 aliphatic heterocycles. The largest absolute Gasteiger partial charge is 0.444 e. The van der Waals surface area contributed by atoms with Crippen LogP contribution in [0.5, 0.6) is 0 Å². The number of carbonyl (C=O) groups excluding carboxylic acids is 2. The Hall–Kier alpha value is -2.61. The maximum Gasteiger partial charge on any atom is 0.414 e. The summed E-state index contributed by atoms with van der Waals surface area (Å²) in [6.45, 7) is 10.7. The number of alkyl carbamates (subject to hydrolysis) is 2. The highest BCUT2D eigenvalue weighted by Gasteiger charge is 2.21. The zero-order chi connectivity index (χ0) is 21.4. The summed E-state index contributed by atoms with van der Waals surface area (Å²) in [5.74, 6) is -0.0667. The third-order valence-electron chi connectivity index (χ3n) is 3.08. The van der Waals surface area contributed by atoms with Crippen molar-refractivity contribution in [3.8, 4) is 0 Å². The second-order valence-electron chi connectivity index (χ2n) is 8.21. The van der Waals surface area contributed by atoms with Gasteiger partial charge in [0.2, 0.25) is 5.96 Å². The molecule has 1 aromatic carbocycles. The van der Waals surface area contributed by atoms with Gasteiger partial charge in [-0.1, -0.05) is 24.3 Å². The van der Waals surface area contributed by atoms with E-state index in [-0.39, 0.29) is 19.1 Å². The normalized spacial score (nSPS) is 11.4. The van der Waals surface area contributed by atoms with Crippen LogP contribution in [0.4, 0.5) is 9.59 Å². The van der Waals surface area contributed by atoms with E-state index in [0.29, 0.717) is 6.42 Å². The summed E-state index contributed by atoms with van der Waals surface area (Å²) in [4.78, 5) is 28.3. The lowest BCUT2D eigenvalue weighted by Gasteiger charge is -2.22. The lowest BCUT2D eigenvalue weighted by Crippen LogP contribution is -2.47. The second kappa shape index (κ2) is 10.1. The van der Waals surface area contributed by atoms with Crippen molar-refractivity contribution in [3.63, 3.8) is 0 Å². The highest BCUT2D eigenvalue weighted by atomic mass is 16.6. The number of aliphatic hydroxyl groups is 1. The van der Waals surface area contributed by atoms with Gasteiger partial charge in [0.15, 0.2) is 0 Å². The number of aliphatic imine (C=N–C) groups is 1. The van der Waals surface area contributed by atoms with Gasteiger partial charge in [-0.2, -0.15) is 0 Å². The highest BCUT2D eigenvalue weighted by Crippen LogP contribution is 2.09. The molecule has 1 aromatic rings. The minimum Gasteiger partial charge on any atom is -0.444 e. The summed E-state index contributed by atoms with van der Waals surface area (Å²) in [6, 6.07) is 7.52. The van der Waals surface area contributed by atoms with Crippen LogP contribution in [-0.2, 0) is 22.4 Å². The fraction of sp³-hybridized carbons (Fsp3) is 0.550. The molecular weight excluding hydrogens is 362 g/mol. The van der Waals surface area contributed by atoms with E-state index in [0.717, 1.165) is 11.1 Å². The summed E-state index contributed by atoms with van der Waals surface area (Å²) < 4.78 is 10.4. The Balaban J connectivity index is 2.86. The van der Waals surface area contributed by atoms with Crippen LogP contribution >= 0.6 is 0 Å². The summed E-state index contributed by atoms with van der Waals surface area (Å²) in [5, 5.41) is 13.8. The summed E-state index contributed by atoms with van der Waals surface area (Å²) >= 11 is 0. The van der Waals surface area contributed by atoms with E-state index < -0.39 is 23.4 Å². The van der Waals surface area contributed by atoms with Gasteiger partial charge < -0.3 is 14.6 Å². The minimum atomic E-state index is -0.736. The predicted molar refractivity (Wildman–Crippen MR) is 107 cm³/mol. The first-order valence-electron chi connectivity index (χ1n) is 9.11. The number of rotatable bonds is 4. The Morgan fingerprint density at radius 2 is 1.32 bits per heavy atom. The molecule has 0 spiro atoms. The summed E-state index contributed by atoms with van der Waals surface area (Å²) in [5.41, 5.74) is 0.498. The van der Waals surface area contributed by atoms with Crippen molar-refractivity contribution in [2.24, 2.45) is 4.99 Å². The first-order valence-corrected chi connectivity index (χ1v) is 9.11. The molecule has 8 heteroatoms. The van der Waals surface area contributed by atoms with E-state index in [1.54, 1.807) is 41.5 Å². The number of hydrogen-bond donors (Lipinski definition) is 3. The first kappa shape index (κ1) is 23.4. The van der Waals surface area contributed by atoms with Crippen molar-refractivity contribution in [1.82, 2.24) is 10.6 Å². The van der Waals surface area contributed by atoms with Crippen LogP contribution < -0.4 is 10.6 Å². The maximum atomic E-state index is 12.0. The van der Waals surface area contributed by atoms with E-state index >= 15 is 0 Å². The standard InChI is InChI=1S/C20H31N3O5/c1-19(2,3)27-17(25)22-16(23-18(26)28-20(4,5)6)21-13-15-9-7-14(8-10-15)11-12-24/h7-10,24H,11-13H2,1-6H3,(H2,21,22,23,25,26). The fourth-order valence-corrected chi connectivity index (χ4v) is 2.02. The Labute approximate surface area is 166 Å². The SMILES string of the molecule is CC(C)(C)OC(=O)NC(=NCc1ccc(CCO)cc1)NC(=O)OC(C)(C)C. The second-order valence-corrected chi connectivity index (χ2v) is 8.21. The average molecular weight is 393 g/mol. The lowest BCUT2D eigenvalue weighted by atomic mass is 10.1. The molecule has 0 saturated heterocycles. The van der Waals surface area contributed by atoms with Crippen molar-refractivity contribution in [2.45, 2.75) is 65.7 Å². The highest BCUT2D eigenvalue weighted by molar-refractivity contribution is 6.01. The molecule has 0 aliphatic carbocycles. The Bertz CT molecular complexity index is 653. The van der Waals surface area contributed by atoms with Gasteiger partial charge >= 0.3 is 12.2 Å². The number of carbonyl (C=O) groups is 2. The number of hydrogen-bond acceptors (Lipinski definition) is 6. The predicted octanol–water partition coefficient (Wildman–Crippen LogP) is 3.13. The van der Waals surface area contributed by atoms with Crippen LogP contribution in [0, 0.1) is 0 Å². The van der Waals surface area contributed by atoms with Gasteiger partial charge in [-0.05, 0) is 59.1 Å². The summed E-state index contributed by atoms with van der Waals surface area (Å²) in [7, 11) is 0. The molecule has 0 aliphatic rings. The fourth-order valence-electron chi connectivity index (χ4n) is 2.02. The molecule has 156 valence electrons. The van der Waals surface area contributed by atoms with Crippen LogP contribution in [0.1, 0.15) is 52.7 Å². The van der Waals surface area contributed by atoms with Crippen LogP contribution in [0.25, 0.3) is 0 Å². The molecule has 3 N–H and O–H groups in total. The van der Waals surface area contributed by atoms with E-state index in [1.807, 2.05) is 24.3 Å². The molecule has 0 saturated carbocycles. The maximum absolute atomic E-state index is 12.0. The molecule has 8 nitrogen and oxygen atoms in total. The zero-order valence-electron chi connectivity index (χ0n) is 17.5. The quantitative estimate of drug-likeness (QED) is 0.538. The van der Waals surface area contributed by atoms with E-state index in [1.165, 1.54) is 0 Å². The van der Waals surface area contributed by atoms with Crippen molar-refractivity contribution < 1.29 is 24.2 Å². The first-order chi connectivity index (χ1) is 12.9. The molecule has 0 unspecified atom stereocenters. The number of benzene rings is 1. The van der Waals surface area contributed by atoms with Gasteiger partial charge in [0.1, 0.15) is 11.2 Å². The number of nitrogens with one attached hydrogen (secondary N) is 2. The van der Waals surface area contributed by atoms with Crippen molar-refractivity contribution in [3.05, 3.63) is 35.4 Å². The number of aliphatic hydroxyl groups excluding tert-OH is 1. The minimum absolute atomic E-state index is 0.0667. The lowest BCUT2D eigenvalue weighted by molar-refractivity contribution is 0.0545. The topological polar surface area (TPSA) is 109 Å². The monoisotopic (exact) mass is 393 g/mol. The number of nitrogens with zero attached hydrogens (tertiary/aromatic N) is 1. The average Bonchev–Trinajstić information content (AvgIpc) is 2.50. The van der Waals surface area contributed by atoms with Gasteiger partial charge in [-0.15, -0.1) is 0 Å². The van der Waals surface area contributed by atoms with Crippen LogP contribution in [0.2, 0.25) is 0 Å². The number of guanidine groups is 1. The molecular formula is C20H31N3O5. The van der Waals surface area contributed by atoms with Crippen molar-refractivity contribution >= 4 is 18.1 Å². The van der Waals surface area contributed by atoms with Gasteiger partial charge in [0, 0.05) is 6.61 Å². The van der Waals surface area contributed by atoms with Crippen molar-refractivity contribution in [2.75, 3.05) is 6.61 Å². The molecule has 0 heterocycles. The summed E-state index contributed by atoms with van der Waals surface area (Å²) in [6.07, 6.45) is -0.893. The van der Waals surface area contributed by atoms with Crippen LogP contribution in [0.15, 0.2) is 29.3 Å². The van der Waals surface area contributed by atoms with Crippen LogP contribution in [-0.4, -0.2) is 41.1 Å². The van der Waals surface area contributed by atoms with Gasteiger partial charge in [-0.25, -0.2) is 14.6 Å². The van der Waals surface area contributed by atoms with Gasteiger partial charge in [0.05, 0.1) is 6.54 Å². The third kappa shape index (κ3) is 10.5. The molecule has 28 heavy (non-hydrogen) atoms. The smallest absolute Gasteiger partial charge is 0.414 e. The molecule has 2 amide bonds. The molecule has 0 atom stereocenters. The number of ether oxygens (including phenoxy) is 2. The van der Waals surface area contributed by atoms with Crippen LogP contribution in [0.3, 0.4) is 0 Å². The van der Waals surface area contributed by atoms with Gasteiger partial charge in [0.25, 0.3) is 0 Å². The number of amides is 2. The van der Waals surface area contributed by atoms with E-state index in [9.17, 15) is 9.59 Å². The molecule has 1 rings (SSSR count). The molecule has 0 bridgehead atoms.